The highest BCUT2D eigenvalue weighted by Gasteiger charge is 2.60. The maximum atomic E-state index is 11.9. The number of fused-ring (bicyclic) bond motifs is 1. The molecule has 1 unspecified atom stereocenters. The van der Waals surface area contributed by atoms with Crippen molar-refractivity contribution in [1.82, 2.24) is 20.3 Å². The Balaban J connectivity index is 1.40. The molecule has 8 nitrogen and oxygen atoms in total. The highest BCUT2D eigenvalue weighted by atomic mass is 32.2. The molecule has 3 atom stereocenters. The van der Waals surface area contributed by atoms with Gasteiger partial charge >= 0.3 is 6.03 Å². The van der Waals surface area contributed by atoms with Crippen molar-refractivity contribution in [3.05, 3.63) is 35.5 Å². The van der Waals surface area contributed by atoms with Gasteiger partial charge in [0, 0.05) is 25.4 Å². The van der Waals surface area contributed by atoms with E-state index in [0.717, 1.165) is 44.3 Å². The topological polar surface area (TPSA) is 99.8 Å². The first-order valence-electron chi connectivity index (χ1n) is 10.9. The molecule has 0 radical (unpaired) electrons. The Bertz CT molecular complexity index is 956. The third-order valence-corrected chi connectivity index (χ3v) is 7.80. The maximum Gasteiger partial charge on any atom is 0.318 e. The van der Waals surface area contributed by atoms with Crippen LogP contribution >= 0.6 is 0 Å². The monoisotopic (exact) mass is 434 g/mol. The minimum absolute atomic E-state index is 0.100. The number of allylic oxidation sites excluding steroid dienone is 3. The van der Waals surface area contributed by atoms with Gasteiger partial charge in [0.2, 0.25) is 15.7 Å². The lowest BCUT2D eigenvalue weighted by Gasteiger charge is -2.43. The van der Waals surface area contributed by atoms with Gasteiger partial charge in [0.15, 0.2) is 0 Å². The maximum absolute atomic E-state index is 11.9. The lowest BCUT2D eigenvalue weighted by molar-refractivity contribution is 0.0367. The molecule has 0 aromatic rings. The van der Waals surface area contributed by atoms with E-state index in [2.05, 4.69) is 38.7 Å². The zero-order valence-electron chi connectivity index (χ0n) is 17.4. The van der Waals surface area contributed by atoms with E-state index in [1.165, 1.54) is 30.4 Å². The average molecular weight is 435 g/mol. The van der Waals surface area contributed by atoms with E-state index < -0.39 is 15.7 Å². The van der Waals surface area contributed by atoms with Gasteiger partial charge in [-0.25, -0.2) is 17.9 Å². The molecule has 5 aliphatic rings. The van der Waals surface area contributed by atoms with Gasteiger partial charge in [-0.1, -0.05) is 12.5 Å². The van der Waals surface area contributed by atoms with Crippen molar-refractivity contribution in [2.45, 2.75) is 57.1 Å². The molecule has 3 N–H and O–H groups in total. The highest BCUT2D eigenvalue weighted by molar-refractivity contribution is 7.88. The first kappa shape index (κ1) is 19.9. The van der Waals surface area contributed by atoms with Crippen molar-refractivity contribution < 1.29 is 17.9 Å². The summed E-state index contributed by atoms with van der Waals surface area (Å²) in [5, 5.41) is 5.92. The van der Waals surface area contributed by atoms with Crippen LogP contribution in [0.4, 0.5) is 4.79 Å². The number of amides is 2. The van der Waals surface area contributed by atoms with Crippen LogP contribution in [0.1, 0.15) is 51.4 Å². The summed E-state index contributed by atoms with van der Waals surface area (Å²) in [6.07, 6.45) is 15.7. The van der Waals surface area contributed by atoms with Crippen LogP contribution in [-0.2, 0) is 14.8 Å². The average Bonchev–Trinajstić information content (AvgIpc) is 3.21. The van der Waals surface area contributed by atoms with E-state index in [1.807, 2.05) is 0 Å². The third-order valence-electron chi connectivity index (χ3n) is 7.07. The predicted octanol–water partition coefficient (Wildman–Crippen LogP) is 2.25. The molecule has 0 bridgehead atoms. The van der Waals surface area contributed by atoms with Crippen LogP contribution in [0.5, 0.6) is 0 Å². The van der Waals surface area contributed by atoms with Gasteiger partial charge in [0.25, 0.3) is 0 Å². The third kappa shape index (κ3) is 3.41. The Morgan fingerprint density at radius 2 is 2.23 bits per heavy atom. The van der Waals surface area contributed by atoms with Crippen LogP contribution in [0.2, 0.25) is 0 Å². The fourth-order valence-electron chi connectivity index (χ4n) is 5.76. The normalized spacial score (nSPS) is 34.7. The van der Waals surface area contributed by atoms with Gasteiger partial charge in [0.05, 0.1) is 23.9 Å². The molecule has 2 amide bonds. The number of hydrogen-bond acceptors (Lipinski definition) is 5. The second-order valence-corrected chi connectivity index (χ2v) is 11.2. The van der Waals surface area contributed by atoms with Gasteiger partial charge in [-0.2, -0.15) is 0 Å². The number of carbonyl (C=O) groups is 1. The molecular formula is C21H30N4O4S. The lowest BCUT2D eigenvalue weighted by Crippen LogP contribution is -2.43. The summed E-state index contributed by atoms with van der Waals surface area (Å²) < 4.78 is 31.7. The van der Waals surface area contributed by atoms with E-state index in [-0.39, 0.29) is 11.4 Å². The summed E-state index contributed by atoms with van der Waals surface area (Å²) in [4.78, 5) is 14.1. The summed E-state index contributed by atoms with van der Waals surface area (Å²) in [5.41, 5.74) is 1.87. The zero-order chi connectivity index (χ0) is 21.0. The number of rotatable bonds is 5. The van der Waals surface area contributed by atoms with Crippen molar-refractivity contribution in [2.75, 3.05) is 19.3 Å². The minimum atomic E-state index is -3.14. The predicted molar refractivity (Wildman–Crippen MR) is 112 cm³/mol. The van der Waals surface area contributed by atoms with Crippen LogP contribution in [0.15, 0.2) is 35.5 Å². The molecule has 4 aliphatic heterocycles. The van der Waals surface area contributed by atoms with E-state index in [9.17, 15) is 13.2 Å². The Morgan fingerprint density at radius 3 is 3.00 bits per heavy atom. The molecule has 3 fully saturated rings. The molecule has 2 spiro atoms. The number of nitrogens with zero attached hydrogens (tertiary/aromatic N) is 1. The van der Waals surface area contributed by atoms with Crippen molar-refractivity contribution in [1.29, 1.82) is 0 Å². The quantitative estimate of drug-likeness (QED) is 0.577. The molecule has 4 heterocycles. The molecule has 1 saturated carbocycles. The van der Waals surface area contributed by atoms with E-state index in [0.29, 0.717) is 19.0 Å². The fraction of sp³-hybridized carbons (Fsp3) is 0.667. The van der Waals surface area contributed by atoms with Crippen molar-refractivity contribution in [2.24, 2.45) is 11.3 Å². The second kappa shape index (κ2) is 7.02. The molecule has 164 valence electrons. The summed E-state index contributed by atoms with van der Waals surface area (Å²) in [5.74, 6) is 1.39. The number of nitrogens with one attached hydrogen (secondary N) is 3. The van der Waals surface area contributed by atoms with Crippen LogP contribution in [0.3, 0.4) is 0 Å². The van der Waals surface area contributed by atoms with Crippen molar-refractivity contribution in [3.8, 4) is 0 Å². The number of hydrogen-bond donors (Lipinski definition) is 3. The van der Waals surface area contributed by atoms with Crippen LogP contribution in [-0.4, -0.2) is 44.4 Å². The molecule has 5 rings (SSSR count). The first-order chi connectivity index (χ1) is 14.3. The first-order valence-corrected chi connectivity index (χ1v) is 12.8. The number of sulfonamides is 1. The Labute approximate surface area is 177 Å². The smallest absolute Gasteiger partial charge is 0.318 e. The lowest BCUT2D eigenvalue weighted by atomic mass is 9.65. The molecule has 9 heteroatoms. The van der Waals surface area contributed by atoms with Gasteiger partial charge in [0.1, 0.15) is 5.76 Å². The zero-order valence-corrected chi connectivity index (χ0v) is 18.2. The Morgan fingerprint density at radius 1 is 1.37 bits per heavy atom. The van der Waals surface area contributed by atoms with Gasteiger partial charge in [-0.05, 0) is 50.0 Å². The molecule has 30 heavy (non-hydrogen) atoms. The number of urea groups is 1. The van der Waals surface area contributed by atoms with Crippen molar-refractivity contribution in [3.63, 3.8) is 0 Å². The highest BCUT2D eigenvalue weighted by Crippen LogP contribution is 2.61. The molecule has 2 saturated heterocycles. The summed E-state index contributed by atoms with van der Waals surface area (Å²) >= 11 is 0. The van der Waals surface area contributed by atoms with Gasteiger partial charge < -0.3 is 15.0 Å². The molecule has 1 aliphatic carbocycles. The van der Waals surface area contributed by atoms with Crippen LogP contribution in [0.25, 0.3) is 0 Å². The van der Waals surface area contributed by atoms with Crippen molar-refractivity contribution >= 4 is 16.1 Å². The van der Waals surface area contributed by atoms with Crippen LogP contribution < -0.4 is 15.4 Å². The van der Waals surface area contributed by atoms with Crippen LogP contribution in [0, 0.1) is 11.3 Å². The van der Waals surface area contributed by atoms with Gasteiger partial charge in [-0.15, -0.1) is 0 Å². The molecular weight excluding hydrogens is 404 g/mol. The fourth-order valence-corrected chi connectivity index (χ4v) is 6.27. The Hall–Kier alpha value is -2.00. The van der Waals surface area contributed by atoms with E-state index in [4.69, 9.17) is 4.74 Å². The SMILES string of the molecule is CS(=O)(=O)NCCC[C@H]1C=CN2C=C3CCCCC34C[C@@]3(CNC(=O)N3)OC4=C2C1. The Kier molecular flexibility index (Phi) is 4.66. The van der Waals surface area contributed by atoms with E-state index in [1.54, 1.807) is 0 Å². The summed E-state index contributed by atoms with van der Waals surface area (Å²) in [6, 6.07) is -0.159. The largest absolute Gasteiger partial charge is 0.468 e. The standard InChI is InChI=1S/C21H30N4O4S/c1-30(27,28)23-9-4-5-15-7-10-25-12-16-6-2-3-8-20(16)13-21(14-22-19(26)24-21)29-18(20)17(25)11-15/h7,10,12,15,23H,2-6,8-9,11,13-14H2,1H3,(H2,22,24,26)/t15-,20?,21-/m0/s1. The minimum Gasteiger partial charge on any atom is -0.468 e. The van der Waals surface area contributed by atoms with Gasteiger partial charge in [-0.3, -0.25) is 5.32 Å². The van der Waals surface area contributed by atoms with E-state index >= 15 is 0 Å². The second-order valence-electron chi connectivity index (χ2n) is 9.32. The summed E-state index contributed by atoms with van der Waals surface area (Å²) in [7, 11) is -3.14. The molecule has 0 aromatic heterocycles. The summed E-state index contributed by atoms with van der Waals surface area (Å²) in [6.45, 7) is 0.957. The number of ether oxygens (including phenoxy) is 1. The molecule has 0 aromatic carbocycles. The number of carbonyl (C=O) groups excluding carboxylic acids is 1.